The number of ether oxygens (including phenoxy) is 1. The molecule has 0 bridgehead atoms. The lowest BCUT2D eigenvalue weighted by Gasteiger charge is -2.19. The average molecular weight is 500 g/mol. The predicted octanol–water partition coefficient (Wildman–Crippen LogP) is 5.28. The van der Waals surface area contributed by atoms with Gasteiger partial charge in [0.25, 0.3) is 5.56 Å². The number of fused-ring (bicyclic) bond motifs is 1. The number of aliphatic hydroxyl groups excluding tert-OH is 1. The van der Waals surface area contributed by atoms with Crippen molar-refractivity contribution in [2.24, 2.45) is 4.99 Å². The number of halogens is 1. The first-order valence-electron chi connectivity index (χ1n) is 11.8. The molecule has 0 amide bonds. The third kappa shape index (κ3) is 4.83. The number of hydrogen-bond acceptors (Lipinski definition) is 5. The van der Waals surface area contributed by atoms with Crippen molar-refractivity contribution in [3.05, 3.63) is 117 Å². The molecule has 2 aromatic heterocycles. The van der Waals surface area contributed by atoms with Crippen LogP contribution >= 0.6 is 11.6 Å². The Labute approximate surface area is 214 Å². The molecule has 4 aromatic rings. The van der Waals surface area contributed by atoms with Gasteiger partial charge in [-0.25, -0.2) is 4.98 Å². The molecular weight excluding hydrogens is 474 g/mol. The molecule has 2 aromatic carbocycles. The summed E-state index contributed by atoms with van der Waals surface area (Å²) in [4.78, 5) is 22.2. The molecule has 0 fully saturated rings. The Balaban J connectivity index is 1.47. The first kappa shape index (κ1) is 24.0. The van der Waals surface area contributed by atoms with Crippen molar-refractivity contribution in [2.45, 2.75) is 32.5 Å². The van der Waals surface area contributed by atoms with Crippen molar-refractivity contribution in [3.8, 4) is 17.0 Å². The van der Waals surface area contributed by atoms with Crippen molar-refractivity contribution in [3.63, 3.8) is 0 Å². The van der Waals surface area contributed by atoms with Crippen LogP contribution in [0.5, 0.6) is 5.88 Å². The van der Waals surface area contributed by atoms with Crippen molar-refractivity contribution in [1.29, 1.82) is 0 Å². The van der Waals surface area contributed by atoms with E-state index in [0.717, 1.165) is 39.1 Å². The van der Waals surface area contributed by atoms with Gasteiger partial charge in [0.15, 0.2) is 0 Å². The van der Waals surface area contributed by atoms with Gasteiger partial charge in [-0.05, 0) is 66.4 Å². The molecule has 0 radical (unpaired) electrons. The molecule has 1 atom stereocenters. The van der Waals surface area contributed by atoms with Crippen molar-refractivity contribution >= 4 is 17.3 Å². The zero-order valence-corrected chi connectivity index (χ0v) is 20.8. The van der Waals surface area contributed by atoms with Crippen molar-refractivity contribution in [1.82, 2.24) is 9.55 Å². The molecule has 1 N–H and O–H groups in total. The average Bonchev–Trinajstić information content (AvgIpc) is 3.29. The van der Waals surface area contributed by atoms with Gasteiger partial charge in [-0.3, -0.25) is 9.79 Å². The molecular formula is C29H26ClN3O3. The Morgan fingerprint density at radius 3 is 2.61 bits per heavy atom. The van der Waals surface area contributed by atoms with Crippen LogP contribution in [-0.4, -0.2) is 33.1 Å². The highest BCUT2D eigenvalue weighted by Gasteiger charge is 2.20. The van der Waals surface area contributed by atoms with Gasteiger partial charge in [0, 0.05) is 40.7 Å². The van der Waals surface area contributed by atoms with Crippen LogP contribution in [0.4, 0.5) is 0 Å². The maximum atomic E-state index is 13.1. The Morgan fingerprint density at radius 1 is 1.03 bits per heavy atom. The van der Waals surface area contributed by atoms with Crippen LogP contribution in [-0.2, 0) is 6.54 Å². The standard InChI is InChI=1S/C29H26ClN3O3/c1-18(2)36-27-14-22(8-10-31-27)29-25-13-19(6-7-23(25)16-32-29)20-9-11-33(28(35)15-20)26(17-34)21-4-3-5-24(30)12-21/h3-15,18,26,34H,16-17H2,1-2H3/t26-/m1/s1. The zero-order valence-electron chi connectivity index (χ0n) is 20.1. The lowest BCUT2D eigenvalue weighted by molar-refractivity contribution is 0.232. The molecule has 5 rings (SSSR count). The zero-order chi connectivity index (χ0) is 25.2. The van der Waals surface area contributed by atoms with E-state index in [2.05, 4.69) is 17.1 Å². The summed E-state index contributed by atoms with van der Waals surface area (Å²) in [6, 6.07) is 20.1. The molecule has 0 spiro atoms. The van der Waals surface area contributed by atoms with Crippen LogP contribution in [0.15, 0.2) is 88.9 Å². The molecule has 1 aliphatic heterocycles. The molecule has 182 valence electrons. The molecule has 3 heterocycles. The highest BCUT2D eigenvalue weighted by molar-refractivity contribution is 6.30. The number of benzene rings is 2. The summed E-state index contributed by atoms with van der Waals surface area (Å²) < 4.78 is 7.29. The largest absolute Gasteiger partial charge is 0.475 e. The van der Waals surface area contributed by atoms with Gasteiger partial charge in [-0.1, -0.05) is 35.9 Å². The van der Waals surface area contributed by atoms with E-state index >= 15 is 0 Å². The first-order chi connectivity index (χ1) is 17.4. The number of nitrogens with zero attached hydrogens (tertiary/aromatic N) is 3. The van der Waals surface area contributed by atoms with Crippen LogP contribution in [0.3, 0.4) is 0 Å². The monoisotopic (exact) mass is 499 g/mol. The van der Waals surface area contributed by atoms with Crippen LogP contribution in [0.25, 0.3) is 11.1 Å². The lowest BCUT2D eigenvalue weighted by Crippen LogP contribution is -2.26. The topological polar surface area (TPSA) is 76.7 Å². The van der Waals surface area contributed by atoms with E-state index < -0.39 is 6.04 Å². The minimum atomic E-state index is -0.516. The Kier molecular flexibility index (Phi) is 6.72. The summed E-state index contributed by atoms with van der Waals surface area (Å²) in [7, 11) is 0. The van der Waals surface area contributed by atoms with Gasteiger partial charge in [0.1, 0.15) is 0 Å². The highest BCUT2D eigenvalue weighted by Crippen LogP contribution is 2.29. The van der Waals surface area contributed by atoms with E-state index in [-0.39, 0.29) is 18.3 Å². The van der Waals surface area contributed by atoms with E-state index in [1.165, 1.54) is 4.57 Å². The van der Waals surface area contributed by atoms with Gasteiger partial charge in [-0.2, -0.15) is 0 Å². The first-order valence-corrected chi connectivity index (χ1v) is 12.2. The summed E-state index contributed by atoms with van der Waals surface area (Å²) in [5, 5.41) is 10.6. The second kappa shape index (κ2) is 10.1. The van der Waals surface area contributed by atoms with Crippen LogP contribution in [0, 0.1) is 0 Å². The molecule has 7 heteroatoms. The number of pyridine rings is 2. The molecule has 0 unspecified atom stereocenters. The second-order valence-electron chi connectivity index (χ2n) is 9.00. The fraction of sp³-hybridized carbons (Fsp3) is 0.207. The molecule has 1 aliphatic rings. The van der Waals surface area contributed by atoms with Crippen molar-refractivity contribution < 1.29 is 9.84 Å². The number of aliphatic hydroxyl groups is 1. The molecule has 0 saturated heterocycles. The molecule has 0 saturated carbocycles. The highest BCUT2D eigenvalue weighted by atomic mass is 35.5. The Bertz CT molecular complexity index is 1510. The van der Waals surface area contributed by atoms with Gasteiger partial charge in [0.05, 0.1) is 31.0 Å². The Hall–Kier alpha value is -3.74. The van der Waals surface area contributed by atoms with Crippen LogP contribution in [0.2, 0.25) is 5.02 Å². The van der Waals surface area contributed by atoms with E-state index in [4.69, 9.17) is 21.3 Å². The number of hydrogen-bond donors (Lipinski definition) is 1. The predicted molar refractivity (Wildman–Crippen MR) is 142 cm³/mol. The second-order valence-corrected chi connectivity index (χ2v) is 9.44. The normalized spacial score (nSPS) is 13.4. The maximum absolute atomic E-state index is 13.1. The minimum absolute atomic E-state index is 0.0311. The van der Waals surface area contributed by atoms with Gasteiger partial charge < -0.3 is 14.4 Å². The van der Waals surface area contributed by atoms with E-state index in [0.29, 0.717) is 17.4 Å². The molecule has 36 heavy (non-hydrogen) atoms. The van der Waals surface area contributed by atoms with E-state index in [9.17, 15) is 9.90 Å². The molecule has 0 aliphatic carbocycles. The van der Waals surface area contributed by atoms with Crippen molar-refractivity contribution in [2.75, 3.05) is 6.61 Å². The van der Waals surface area contributed by atoms with E-state index in [1.54, 1.807) is 30.6 Å². The molecule has 6 nitrogen and oxygen atoms in total. The van der Waals surface area contributed by atoms with Crippen LogP contribution in [0.1, 0.15) is 42.1 Å². The third-order valence-corrected chi connectivity index (χ3v) is 6.40. The Morgan fingerprint density at radius 2 is 1.86 bits per heavy atom. The van der Waals surface area contributed by atoms with Gasteiger partial charge in [0.2, 0.25) is 5.88 Å². The fourth-order valence-corrected chi connectivity index (χ4v) is 4.67. The van der Waals surface area contributed by atoms with Gasteiger partial charge >= 0.3 is 0 Å². The quantitative estimate of drug-likeness (QED) is 0.375. The number of aliphatic imine (C=N–C) groups is 1. The third-order valence-electron chi connectivity index (χ3n) is 6.16. The maximum Gasteiger partial charge on any atom is 0.251 e. The minimum Gasteiger partial charge on any atom is -0.475 e. The fourth-order valence-electron chi connectivity index (χ4n) is 4.47. The number of rotatable bonds is 7. The summed E-state index contributed by atoms with van der Waals surface area (Å²) in [6.07, 6.45) is 3.48. The summed E-state index contributed by atoms with van der Waals surface area (Å²) in [6.45, 7) is 4.32. The van der Waals surface area contributed by atoms with Crippen LogP contribution < -0.4 is 10.3 Å². The lowest BCUT2D eigenvalue weighted by atomic mass is 9.96. The summed E-state index contributed by atoms with van der Waals surface area (Å²) >= 11 is 6.12. The van der Waals surface area contributed by atoms with E-state index in [1.807, 2.05) is 50.2 Å². The smallest absolute Gasteiger partial charge is 0.251 e. The number of aromatic nitrogens is 2. The summed E-state index contributed by atoms with van der Waals surface area (Å²) in [5.41, 5.74) is 6.28. The SMILES string of the molecule is CC(C)Oc1cc(C2=NCc3ccc(-c4ccn([C@H](CO)c5cccc(Cl)c5)c(=O)c4)cc32)ccn1. The summed E-state index contributed by atoms with van der Waals surface area (Å²) in [5.74, 6) is 0.566. The van der Waals surface area contributed by atoms with Gasteiger partial charge in [-0.15, -0.1) is 0 Å².